The van der Waals surface area contributed by atoms with Gasteiger partial charge in [-0.05, 0) is 35.9 Å². The summed E-state index contributed by atoms with van der Waals surface area (Å²) in [5.74, 6) is -1.96. The Morgan fingerprint density at radius 2 is 1.83 bits per heavy atom. The van der Waals surface area contributed by atoms with Crippen molar-refractivity contribution in [2.75, 3.05) is 26.3 Å². The first-order valence-electron chi connectivity index (χ1n) is 8.57. The van der Waals surface area contributed by atoms with Gasteiger partial charge in [0.25, 0.3) is 5.69 Å². The van der Waals surface area contributed by atoms with Crippen molar-refractivity contribution in [1.82, 2.24) is 4.31 Å². The van der Waals surface area contributed by atoms with Crippen LogP contribution in [0.5, 0.6) is 0 Å². The minimum absolute atomic E-state index is 0.118. The average molecular weight is 424 g/mol. The zero-order valence-corrected chi connectivity index (χ0v) is 15.9. The molecule has 0 aliphatic carbocycles. The first kappa shape index (κ1) is 20.8. The molecule has 3 rings (SSSR count). The molecule has 0 bridgehead atoms. The van der Waals surface area contributed by atoms with E-state index in [1.54, 1.807) is 0 Å². The van der Waals surface area contributed by atoms with Crippen LogP contribution < -0.4 is 0 Å². The molecule has 0 saturated carbocycles. The fourth-order valence-corrected chi connectivity index (χ4v) is 4.13. The van der Waals surface area contributed by atoms with Crippen molar-refractivity contribution in [1.29, 1.82) is 0 Å². The summed E-state index contributed by atoms with van der Waals surface area (Å²) >= 11 is 0. The van der Waals surface area contributed by atoms with E-state index in [1.807, 2.05) is 0 Å². The number of esters is 1. The zero-order chi connectivity index (χ0) is 21.0. The van der Waals surface area contributed by atoms with Crippen LogP contribution in [0.15, 0.2) is 47.4 Å². The molecule has 0 N–H and O–H groups in total. The number of carbonyl (C=O) groups is 1. The number of nitro groups is 1. The number of nitro benzene ring substituents is 1. The Hall–Kier alpha value is -2.89. The molecule has 1 aliphatic rings. The van der Waals surface area contributed by atoms with Gasteiger partial charge in [-0.15, -0.1) is 0 Å². The molecule has 9 nitrogen and oxygen atoms in total. The largest absolute Gasteiger partial charge is 0.457 e. The van der Waals surface area contributed by atoms with E-state index in [-0.39, 0.29) is 43.5 Å². The number of carbonyl (C=O) groups excluding carboxylic acids is 1. The fourth-order valence-electron chi connectivity index (χ4n) is 2.70. The van der Waals surface area contributed by atoms with Gasteiger partial charge in [0.1, 0.15) is 12.4 Å². The van der Waals surface area contributed by atoms with Gasteiger partial charge in [0.2, 0.25) is 10.0 Å². The van der Waals surface area contributed by atoms with E-state index >= 15 is 0 Å². The summed E-state index contributed by atoms with van der Waals surface area (Å²) in [4.78, 5) is 22.1. The number of non-ortho nitro benzene ring substituents is 1. The molecule has 1 saturated heterocycles. The molecule has 0 spiro atoms. The van der Waals surface area contributed by atoms with Gasteiger partial charge in [-0.2, -0.15) is 4.31 Å². The van der Waals surface area contributed by atoms with Gasteiger partial charge in [0, 0.05) is 25.2 Å². The first-order valence-corrected chi connectivity index (χ1v) is 10.0. The lowest BCUT2D eigenvalue weighted by Gasteiger charge is -2.26. The quantitative estimate of drug-likeness (QED) is 0.396. The van der Waals surface area contributed by atoms with Crippen LogP contribution in [-0.2, 0) is 26.1 Å². The maximum Gasteiger partial charge on any atom is 0.341 e. The molecule has 0 aromatic heterocycles. The number of rotatable bonds is 6. The molecular weight excluding hydrogens is 407 g/mol. The van der Waals surface area contributed by atoms with Crippen LogP contribution in [0.3, 0.4) is 0 Å². The molecule has 154 valence electrons. The second kappa shape index (κ2) is 8.64. The Kier molecular flexibility index (Phi) is 6.20. The number of hydrogen-bond donors (Lipinski definition) is 0. The normalized spacial score (nSPS) is 15.1. The number of sulfonamides is 1. The SMILES string of the molecule is O=C(OCc1ccc([N+](=O)[O-])cc1)c1cc(S(=O)(=O)N2CCOCC2)ccc1F. The maximum atomic E-state index is 14.1. The molecular formula is C18H17FN2O7S. The highest BCUT2D eigenvalue weighted by molar-refractivity contribution is 7.89. The lowest BCUT2D eigenvalue weighted by atomic mass is 10.2. The summed E-state index contributed by atoms with van der Waals surface area (Å²) in [5.41, 5.74) is -0.171. The molecule has 2 aromatic rings. The number of ether oxygens (including phenoxy) is 2. The monoisotopic (exact) mass is 424 g/mol. The second-order valence-corrected chi connectivity index (χ2v) is 8.10. The van der Waals surface area contributed by atoms with Crippen LogP contribution in [-0.4, -0.2) is 49.9 Å². The predicted molar refractivity (Wildman–Crippen MR) is 98.2 cm³/mol. The molecule has 1 fully saturated rings. The molecule has 29 heavy (non-hydrogen) atoms. The van der Waals surface area contributed by atoms with Gasteiger partial charge in [-0.3, -0.25) is 10.1 Å². The topological polar surface area (TPSA) is 116 Å². The summed E-state index contributed by atoms with van der Waals surface area (Å²) in [6.45, 7) is 0.588. The minimum Gasteiger partial charge on any atom is -0.457 e. The van der Waals surface area contributed by atoms with Crippen LogP contribution in [0.1, 0.15) is 15.9 Å². The van der Waals surface area contributed by atoms with Crippen molar-refractivity contribution in [3.63, 3.8) is 0 Å². The fraction of sp³-hybridized carbons (Fsp3) is 0.278. The summed E-state index contributed by atoms with van der Waals surface area (Å²) < 4.78 is 50.8. The van der Waals surface area contributed by atoms with Gasteiger partial charge in [0.05, 0.1) is 28.6 Å². The highest BCUT2D eigenvalue weighted by Crippen LogP contribution is 2.21. The number of halogens is 1. The third-order valence-corrected chi connectivity index (χ3v) is 6.18. The van der Waals surface area contributed by atoms with Gasteiger partial charge >= 0.3 is 5.97 Å². The van der Waals surface area contributed by atoms with Crippen molar-refractivity contribution in [3.8, 4) is 0 Å². The predicted octanol–water partition coefficient (Wildman–Crippen LogP) is 2.11. The first-order chi connectivity index (χ1) is 13.8. The van der Waals surface area contributed by atoms with E-state index in [4.69, 9.17) is 9.47 Å². The number of nitrogens with zero attached hydrogens (tertiary/aromatic N) is 2. The lowest BCUT2D eigenvalue weighted by molar-refractivity contribution is -0.384. The highest BCUT2D eigenvalue weighted by Gasteiger charge is 2.28. The molecule has 1 aliphatic heterocycles. The van der Waals surface area contributed by atoms with Crippen LogP contribution in [0.25, 0.3) is 0 Å². The van der Waals surface area contributed by atoms with Crippen molar-refractivity contribution >= 4 is 21.7 Å². The summed E-state index contributed by atoms with van der Waals surface area (Å²) in [6, 6.07) is 8.24. The van der Waals surface area contributed by atoms with E-state index < -0.39 is 32.3 Å². The Morgan fingerprint density at radius 3 is 2.45 bits per heavy atom. The van der Waals surface area contributed by atoms with Gasteiger partial charge in [0.15, 0.2) is 0 Å². The second-order valence-electron chi connectivity index (χ2n) is 6.16. The summed E-state index contributed by atoms with van der Waals surface area (Å²) in [5, 5.41) is 10.6. The van der Waals surface area contributed by atoms with Gasteiger partial charge < -0.3 is 9.47 Å². The van der Waals surface area contributed by atoms with Gasteiger partial charge in [-0.25, -0.2) is 17.6 Å². The molecule has 0 unspecified atom stereocenters. The third kappa shape index (κ3) is 4.75. The van der Waals surface area contributed by atoms with Crippen molar-refractivity contribution < 1.29 is 32.0 Å². The maximum absolute atomic E-state index is 14.1. The van der Waals surface area contributed by atoms with Crippen LogP contribution in [0.4, 0.5) is 10.1 Å². The Morgan fingerprint density at radius 1 is 1.17 bits per heavy atom. The zero-order valence-electron chi connectivity index (χ0n) is 15.1. The van der Waals surface area contributed by atoms with E-state index in [2.05, 4.69) is 0 Å². The molecule has 0 amide bonds. The average Bonchev–Trinajstić information content (AvgIpc) is 2.73. The molecule has 11 heteroatoms. The number of morpholine rings is 1. The van der Waals surface area contributed by atoms with Crippen LogP contribution in [0.2, 0.25) is 0 Å². The van der Waals surface area contributed by atoms with E-state index in [1.165, 1.54) is 28.6 Å². The van der Waals surface area contributed by atoms with E-state index in [0.29, 0.717) is 5.56 Å². The third-order valence-electron chi connectivity index (χ3n) is 4.28. The van der Waals surface area contributed by atoms with Crippen LogP contribution in [0, 0.1) is 15.9 Å². The molecule has 0 radical (unpaired) electrons. The van der Waals surface area contributed by atoms with Crippen molar-refractivity contribution in [2.24, 2.45) is 0 Å². The summed E-state index contributed by atoms with van der Waals surface area (Å²) in [6.07, 6.45) is 0. The minimum atomic E-state index is -3.90. The summed E-state index contributed by atoms with van der Waals surface area (Å²) in [7, 11) is -3.90. The molecule has 0 atom stereocenters. The molecule has 1 heterocycles. The number of benzene rings is 2. The van der Waals surface area contributed by atoms with Gasteiger partial charge in [-0.1, -0.05) is 0 Å². The highest BCUT2D eigenvalue weighted by atomic mass is 32.2. The van der Waals surface area contributed by atoms with Crippen LogP contribution >= 0.6 is 0 Å². The van der Waals surface area contributed by atoms with E-state index in [9.17, 15) is 27.7 Å². The molecule has 2 aromatic carbocycles. The number of hydrogen-bond acceptors (Lipinski definition) is 7. The lowest BCUT2D eigenvalue weighted by Crippen LogP contribution is -2.40. The standard InChI is InChI=1S/C18H17FN2O7S/c19-17-6-5-15(29(25,26)20-7-9-27-10-8-20)11-16(17)18(22)28-12-13-1-3-14(4-2-13)21(23)24/h1-6,11H,7-10,12H2. The Balaban J connectivity index is 1.75. The van der Waals surface area contributed by atoms with Crippen molar-refractivity contribution in [3.05, 3.63) is 69.5 Å². The smallest absolute Gasteiger partial charge is 0.341 e. The van der Waals surface area contributed by atoms with E-state index in [0.717, 1.165) is 18.2 Å². The Bertz CT molecular complexity index is 1020. The Labute approximate surface area is 165 Å². The van der Waals surface area contributed by atoms with Crippen molar-refractivity contribution in [2.45, 2.75) is 11.5 Å².